The Balaban J connectivity index is 1.23. The van der Waals surface area contributed by atoms with E-state index in [1.807, 2.05) is 18.2 Å². The van der Waals surface area contributed by atoms with Crippen molar-refractivity contribution < 1.29 is 14.3 Å². The first-order valence-corrected chi connectivity index (χ1v) is 11.4. The third kappa shape index (κ3) is 4.88. The van der Waals surface area contributed by atoms with E-state index in [1.54, 1.807) is 30.3 Å². The fraction of sp³-hybridized carbons (Fsp3) is 0.304. The van der Waals surface area contributed by atoms with Crippen molar-refractivity contribution in [2.75, 3.05) is 30.8 Å². The fourth-order valence-electron chi connectivity index (χ4n) is 4.00. The molecule has 1 amide bonds. The van der Waals surface area contributed by atoms with Crippen LogP contribution in [0.4, 0.5) is 11.5 Å². The number of likely N-dealkylation sites (tertiary alicyclic amines) is 1. The predicted octanol–water partition coefficient (Wildman–Crippen LogP) is 4.70. The van der Waals surface area contributed by atoms with E-state index in [1.165, 1.54) is 0 Å². The monoisotopic (exact) mass is 487 g/mol. The number of aromatic nitrogens is 2. The first kappa shape index (κ1) is 21.9. The topological polar surface area (TPSA) is 91.5 Å². The summed E-state index contributed by atoms with van der Waals surface area (Å²) in [7, 11) is 2.14. The summed E-state index contributed by atoms with van der Waals surface area (Å²) >= 11 is 11.9. The zero-order valence-electron chi connectivity index (χ0n) is 17.9. The Morgan fingerprint density at radius 3 is 2.67 bits per heavy atom. The molecule has 0 saturated carbocycles. The molecule has 2 aliphatic heterocycles. The second-order valence-corrected chi connectivity index (χ2v) is 9.41. The molecule has 2 aliphatic rings. The molecule has 0 unspecified atom stereocenters. The summed E-state index contributed by atoms with van der Waals surface area (Å²) < 4.78 is 9.05. The minimum Gasteiger partial charge on any atom is -0.423 e. The third-order valence-corrected chi connectivity index (χ3v) is 6.08. The molecule has 3 aromatic rings. The fourth-order valence-corrected chi connectivity index (χ4v) is 4.32. The smallest absolute Gasteiger partial charge is 0.419 e. The summed E-state index contributed by atoms with van der Waals surface area (Å²) in [5.74, 6) is 0.948. The Hall–Kier alpha value is -2.94. The van der Waals surface area contributed by atoms with E-state index in [0.29, 0.717) is 40.2 Å². The van der Waals surface area contributed by atoms with Crippen LogP contribution in [0.1, 0.15) is 23.2 Å². The Bertz CT molecular complexity index is 1160. The van der Waals surface area contributed by atoms with E-state index in [-0.39, 0.29) is 5.91 Å². The molecule has 1 saturated heterocycles. The normalized spacial score (nSPS) is 17.7. The van der Waals surface area contributed by atoms with Crippen molar-refractivity contribution in [3.05, 3.63) is 54.1 Å². The van der Waals surface area contributed by atoms with Gasteiger partial charge < -0.3 is 25.0 Å². The molecule has 8 nitrogen and oxygen atoms in total. The number of hydrogen-bond donors (Lipinski definition) is 3. The summed E-state index contributed by atoms with van der Waals surface area (Å²) in [6.07, 6.45) is 2.22. The van der Waals surface area contributed by atoms with Gasteiger partial charge in [-0.15, -0.1) is 0 Å². The lowest BCUT2D eigenvalue weighted by Crippen LogP contribution is -2.36. The highest BCUT2D eigenvalue weighted by molar-refractivity contribution is 6.46. The number of fused-ring (bicyclic) bond motifs is 1. The molecular weight excluding hydrogens is 465 g/mol. The number of H-pyrrole nitrogens is 1. The Morgan fingerprint density at radius 1 is 1.15 bits per heavy atom. The van der Waals surface area contributed by atoms with E-state index in [2.05, 4.69) is 32.8 Å². The van der Waals surface area contributed by atoms with E-state index >= 15 is 0 Å². The minimum atomic E-state index is -1.77. The van der Waals surface area contributed by atoms with Crippen LogP contribution < -0.4 is 20.1 Å². The van der Waals surface area contributed by atoms with Gasteiger partial charge in [0.25, 0.3) is 5.91 Å². The Morgan fingerprint density at radius 2 is 1.91 bits per heavy atom. The van der Waals surface area contributed by atoms with Crippen LogP contribution in [-0.4, -0.2) is 51.9 Å². The first-order chi connectivity index (χ1) is 15.9. The lowest BCUT2D eigenvalue weighted by Gasteiger charge is -2.30. The number of para-hydroxylation sites is 1. The molecule has 0 radical (unpaired) electrons. The first-order valence-electron chi connectivity index (χ1n) is 10.7. The van der Waals surface area contributed by atoms with Gasteiger partial charge in [-0.25, -0.2) is 0 Å². The number of rotatable bonds is 5. The van der Waals surface area contributed by atoms with Gasteiger partial charge in [-0.2, -0.15) is 5.10 Å². The van der Waals surface area contributed by atoms with Gasteiger partial charge in [-0.05, 0) is 92.6 Å². The zero-order chi connectivity index (χ0) is 23.0. The SMILES string of the molecule is CN1CCC(Nc2ccc(C(=O)Nc3cc(-c4cccc5c4OC(Cl)(Cl)O5)[nH]n3)cc2)CC1. The summed E-state index contributed by atoms with van der Waals surface area (Å²) in [5.41, 5.74) is 2.83. The summed E-state index contributed by atoms with van der Waals surface area (Å²) in [6, 6.07) is 14.9. The summed E-state index contributed by atoms with van der Waals surface area (Å²) in [5, 5.41) is 13.4. The highest BCUT2D eigenvalue weighted by atomic mass is 35.5. The van der Waals surface area contributed by atoms with Crippen molar-refractivity contribution in [2.45, 2.75) is 23.6 Å². The average molecular weight is 488 g/mol. The Labute approximate surface area is 201 Å². The van der Waals surface area contributed by atoms with Crippen LogP contribution in [0, 0.1) is 0 Å². The summed E-state index contributed by atoms with van der Waals surface area (Å²) in [4.78, 5) is 15.0. The van der Waals surface area contributed by atoms with Gasteiger partial charge >= 0.3 is 4.71 Å². The van der Waals surface area contributed by atoms with Crippen LogP contribution >= 0.6 is 23.2 Å². The molecule has 1 fully saturated rings. The lowest BCUT2D eigenvalue weighted by atomic mass is 10.0. The van der Waals surface area contributed by atoms with Gasteiger partial charge in [0.05, 0.1) is 5.69 Å². The van der Waals surface area contributed by atoms with Gasteiger partial charge in [0, 0.05) is 28.9 Å². The van der Waals surface area contributed by atoms with Crippen molar-refractivity contribution in [3.63, 3.8) is 0 Å². The van der Waals surface area contributed by atoms with Crippen molar-refractivity contribution >= 4 is 40.6 Å². The molecule has 10 heteroatoms. The Kier molecular flexibility index (Phi) is 5.82. The summed E-state index contributed by atoms with van der Waals surface area (Å²) in [6.45, 7) is 2.18. The number of hydrogen-bond acceptors (Lipinski definition) is 6. The molecule has 1 aromatic heterocycles. The molecule has 3 heterocycles. The van der Waals surface area contributed by atoms with Gasteiger partial charge in [0.1, 0.15) is 0 Å². The number of nitrogens with zero attached hydrogens (tertiary/aromatic N) is 2. The number of benzene rings is 2. The standard InChI is InChI=1S/C23H23Cl2N5O3/c1-30-11-9-16(10-12-30)26-15-7-5-14(6-8-15)22(31)27-20-13-18(28-29-20)17-3-2-4-19-21(17)33-23(24,25)32-19/h2-8,13,16,26H,9-12H2,1H3,(H2,27,28,29,31). The van der Waals surface area contributed by atoms with Crippen LogP contribution in [0.3, 0.4) is 0 Å². The predicted molar refractivity (Wildman–Crippen MR) is 128 cm³/mol. The number of nitrogens with one attached hydrogen (secondary N) is 3. The molecule has 0 atom stereocenters. The van der Waals surface area contributed by atoms with E-state index in [0.717, 1.165) is 31.6 Å². The number of alkyl halides is 2. The largest absolute Gasteiger partial charge is 0.423 e. The molecule has 3 N–H and O–H groups in total. The molecule has 0 bridgehead atoms. The van der Waals surface area contributed by atoms with Crippen LogP contribution in [0.25, 0.3) is 11.3 Å². The number of anilines is 2. The van der Waals surface area contributed by atoms with Crippen LogP contribution in [0.15, 0.2) is 48.5 Å². The van der Waals surface area contributed by atoms with Gasteiger partial charge in [0.2, 0.25) is 0 Å². The van der Waals surface area contributed by atoms with Gasteiger partial charge in [0.15, 0.2) is 17.3 Å². The number of amides is 1. The van der Waals surface area contributed by atoms with Gasteiger partial charge in [-0.1, -0.05) is 6.07 Å². The second-order valence-electron chi connectivity index (χ2n) is 8.22. The highest BCUT2D eigenvalue weighted by Gasteiger charge is 2.39. The lowest BCUT2D eigenvalue weighted by molar-refractivity contribution is 0.0852. The third-order valence-electron chi connectivity index (χ3n) is 5.77. The number of aromatic amines is 1. The maximum absolute atomic E-state index is 12.7. The van der Waals surface area contributed by atoms with Crippen LogP contribution in [0.2, 0.25) is 0 Å². The van der Waals surface area contributed by atoms with Crippen molar-refractivity contribution in [1.29, 1.82) is 0 Å². The number of carbonyl (C=O) groups is 1. The van der Waals surface area contributed by atoms with E-state index in [9.17, 15) is 4.79 Å². The number of ether oxygens (including phenoxy) is 2. The molecule has 5 rings (SSSR count). The molecule has 2 aromatic carbocycles. The van der Waals surface area contributed by atoms with Crippen LogP contribution in [0.5, 0.6) is 11.5 Å². The number of piperidine rings is 1. The minimum absolute atomic E-state index is 0.253. The quantitative estimate of drug-likeness (QED) is 0.452. The zero-order valence-corrected chi connectivity index (χ0v) is 19.4. The van der Waals surface area contributed by atoms with Crippen molar-refractivity contribution in [3.8, 4) is 22.8 Å². The molecule has 172 valence electrons. The van der Waals surface area contributed by atoms with E-state index in [4.69, 9.17) is 32.7 Å². The second kappa shape index (κ2) is 8.78. The molecule has 33 heavy (non-hydrogen) atoms. The van der Waals surface area contributed by atoms with Gasteiger partial charge in [-0.3, -0.25) is 9.89 Å². The number of halogens is 2. The van der Waals surface area contributed by atoms with Crippen LogP contribution in [-0.2, 0) is 0 Å². The van der Waals surface area contributed by atoms with Crippen molar-refractivity contribution in [1.82, 2.24) is 15.1 Å². The van der Waals surface area contributed by atoms with E-state index < -0.39 is 4.71 Å². The number of carbonyl (C=O) groups excluding carboxylic acids is 1. The molecule has 0 aliphatic carbocycles. The molecular formula is C23H23Cl2N5O3. The maximum Gasteiger partial charge on any atom is 0.419 e. The van der Waals surface area contributed by atoms with Crippen molar-refractivity contribution in [2.24, 2.45) is 0 Å². The maximum atomic E-state index is 12.7. The highest BCUT2D eigenvalue weighted by Crippen LogP contribution is 2.48. The average Bonchev–Trinajstić information content (AvgIpc) is 3.38. The molecule has 0 spiro atoms.